The minimum absolute atomic E-state index is 0.0993. The molecule has 0 bridgehead atoms. The lowest BCUT2D eigenvalue weighted by Gasteiger charge is -2.28. The minimum Gasteiger partial charge on any atom is -0.368 e. The van der Waals surface area contributed by atoms with Crippen molar-refractivity contribution < 1.29 is 8.78 Å². The summed E-state index contributed by atoms with van der Waals surface area (Å²) >= 11 is 0. The molecule has 1 unspecified atom stereocenters. The number of nitrogens with one attached hydrogen (secondary N) is 2. The van der Waals surface area contributed by atoms with Gasteiger partial charge >= 0.3 is 0 Å². The van der Waals surface area contributed by atoms with Gasteiger partial charge in [-0.3, -0.25) is 0 Å². The number of halogens is 2. The average molecular weight is 269 g/mol. The van der Waals surface area contributed by atoms with Crippen LogP contribution in [0.4, 0.5) is 20.4 Å². The van der Waals surface area contributed by atoms with Gasteiger partial charge < -0.3 is 10.6 Å². The lowest BCUT2D eigenvalue weighted by molar-refractivity contribution is 0.348. The highest BCUT2D eigenvalue weighted by molar-refractivity contribution is 5.48. The quantitative estimate of drug-likeness (QED) is 0.873. The molecule has 1 saturated carbocycles. The third kappa shape index (κ3) is 2.96. The summed E-state index contributed by atoms with van der Waals surface area (Å²) < 4.78 is 27.3. The highest BCUT2D eigenvalue weighted by Crippen LogP contribution is 2.39. The van der Waals surface area contributed by atoms with Gasteiger partial charge in [-0.05, 0) is 25.2 Å². The van der Waals surface area contributed by atoms with Gasteiger partial charge in [-0.25, -0.2) is 13.8 Å². The van der Waals surface area contributed by atoms with Gasteiger partial charge in [0.1, 0.15) is 0 Å². The molecule has 1 aliphatic carbocycles. The van der Waals surface area contributed by atoms with Gasteiger partial charge in [0.15, 0.2) is 23.3 Å². The largest absolute Gasteiger partial charge is 0.368 e. The second-order valence-corrected chi connectivity index (χ2v) is 5.76. The third-order valence-corrected chi connectivity index (χ3v) is 3.84. The van der Waals surface area contributed by atoms with Crippen LogP contribution in [0.3, 0.4) is 0 Å². The summed E-state index contributed by atoms with van der Waals surface area (Å²) in [5.74, 6) is -1.06. The van der Waals surface area contributed by atoms with Crippen LogP contribution in [0, 0.1) is 17.0 Å². The van der Waals surface area contributed by atoms with Crippen LogP contribution in [0.2, 0.25) is 0 Å². The summed E-state index contributed by atoms with van der Waals surface area (Å²) in [6.45, 7) is 6.70. The van der Waals surface area contributed by atoms with Gasteiger partial charge in [0.05, 0.1) is 0 Å². The molecule has 106 valence electrons. The first kappa shape index (κ1) is 14.0. The van der Waals surface area contributed by atoms with Gasteiger partial charge in [-0.2, -0.15) is 0 Å². The maximum absolute atomic E-state index is 13.8. The van der Waals surface area contributed by atoms with Crippen LogP contribution >= 0.6 is 0 Å². The van der Waals surface area contributed by atoms with E-state index >= 15 is 0 Å². The Kier molecular flexibility index (Phi) is 3.92. The zero-order chi connectivity index (χ0) is 14.0. The van der Waals surface area contributed by atoms with Gasteiger partial charge in [0.25, 0.3) is 0 Å². The predicted molar refractivity (Wildman–Crippen MR) is 73.4 cm³/mol. The van der Waals surface area contributed by atoms with E-state index in [1.165, 1.54) is 0 Å². The molecule has 0 saturated heterocycles. The topological polar surface area (TPSA) is 37.0 Å². The van der Waals surface area contributed by atoms with Crippen molar-refractivity contribution in [2.45, 2.75) is 46.1 Å². The standard InChI is InChI=1S/C14H21F2N3/c1-4-17-12-9(15)8-10(16)13(19-12)18-11-6-5-7-14(11,2)3/h8,11H,4-7H2,1-3H3,(H2,17,18,19). The van der Waals surface area contributed by atoms with Crippen LogP contribution in [0.1, 0.15) is 40.0 Å². The minimum atomic E-state index is -0.657. The second-order valence-electron chi connectivity index (χ2n) is 5.76. The SMILES string of the molecule is CCNc1nc(NC2CCCC2(C)C)c(F)cc1F. The van der Waals surface area contributed by atoms with Crippen LogP contribution in [0.15, 0.2) is 6.07 Å². The molecule has 1 fully saturated rings. The summed E-state index contributed by atoms with van der Waals surface area (Å²) in [6, 6.07) is 1.06. The molecule has 0 radical (unpaired) electrons. The smallest absolute Gasteiger partial charge is 0.168 e. The Morgan fingerprint density at radius 2 is 2.00 bits per heavy atom. The Morgan fingerprint density at radius 1 is 1.32 bits per heavy atom. The maximum atomic E-state index is 13.8. The van der Waals surface area contributed by atoms with E-state index in [4.69, 9.17) is 0 Å². The molecule has 1 heterocycles. The van der Waals surface area contributed by atoms with E-state index in [9.17, 15) is 8.78 Å². The summed E-state index contributed by atoms with van der Waals surface area (Å²) in [6.07, 6.45) is 3.21. The van der Waals surface area contributed by atoms with Gasteiger partial charge in [-0.15, -0.1) is 0 Å². The van der Waals surface area contributed by atoms with Crippen molar-refractivity contribution >= 4 is 11.6 Å². The summed E-state index contributed by atoms with van der Waals surface area (Å²) in [5.41, 5.74) is 0.112. The Balaban J connectivity index is 2.22. The van der Waals surface area contributed by atoms with Crippen LogP contribution in [-0.4, -0.2) is 17.6 Å². The number of pyridine rings is 1. The number of rotatable bonds is 4. The Bertz CT molecular complexity index is 460. The zero-order valence-electron chi connectivity index (χ0n) is 11.7. The van der Waals surface area contributed by atoms with E-state index in [-0.39, 0.29) is 23.1 Å². The Hall–Kier alpha value is -1.39. The van der Waals surface area contributed by atoms with Gasteiger partial charge in [-0.1, -0.05) is 20.3 Å². The number of hydrogen-bond donors (Lipinski definition) is 2. The maximum Gasteiger partial charge on any atom is 0.168 e. The molecule has 1 aromatic rings. The van der Waals surface area contributed by atoms with E-state index in [1.807, 2.05) is 6.92 Å². The normalized spacial score (nSPS) is 21.4. The van der Waals surface area contributed by atoms with Crippen molar-refractivity contribution in [3.63, 3.8) is 0 Å². The fourth-order valence-electron chi connectivity index (χ4n) is 2.62. The molecule has 0 spiro atoms. The zero-order valence-corrected chi connectivity index (χ0v) is 11.7. The first-order valence-electron chi connectivity index (χ1n) is 6.80. The van der Waals surface area contributed by atoms with Crippen molar-refractivity contribution in [2.75, 3.05) is 17.2 Å². The van der Waals surface area contributed by atoms with Crippen LogP contribution in [0.25, 0.3) is 0 Å². The molecule has 1 aromatic heterocycles. The molecule has 2 N–H and O–H groups in total. The monoisotopic (exact) mass is 269 g/mol. The van der Waals surface area contributed by atoms with Crippen molar-refractivity contribution in [3.8, 4) is 0 Å². The highest BCUT2D eigenvalue weighted by Gasteiger charge is 2.35. The molecular weight excluding hydrogens is 248 g/mol. The van der Waals surface area contributed by atoms with Gasteiger partial charge in [0, 0.05) is 18.7 Å². The van der Waals surface area contributed by atoms with E-state index in [0.29, 0.717) is 6.54 Å². The molecule has 0 aromatic carbocycles. The van der Waals surface area contributed by atoms with Crippen LogP contribution < -0.4 is 10.6 Å². The van der Waals surface area contributed by atoms with Crippen LogP contribution in [-0.2, 0) is 0 Å². The third-order valence-electron chi connectivity index (χ3n) is 3.84. The Morgan fingerprint density at radius 3 is 2.58 bits per heavy atom. The highest BCUT2D eigenvalue weighted by atomic mass is 19.1. The van der Waals surface area contributed by atoms with E-state index < -0.39 is 11.6 Å². The molecule has 3 nitrogen and oxygen atoms in total. The number of nitrogens with zero attached hydrogens (tertiary/aromatic N) is 1. The van der Waals surface area contributed by atoms with Crippen molar-refractivity contribution in [1.82, 2.24) is 4.98 Å². The Labute approximate surface area is 112 Å². The van der Waals surface area contributed by atoms with Crippen molar-refractivity contribution in [2.24, 2.45) is 5.41 Å². The number of aromatic nitrogens is 1. The molecule has 0 amide bonds. The molecule has 1 aliphatic rings. The predicted octanol–water partition coefficient (Wildman–Crippen LogP) is 3.78. The molecule has 0 aliphatic heterocycles. The van der Waals surface area contributed by atoms with Crippen molar-refractivity contribution in [1.29, 1.82) is 0 Å². The van der Waals surface area contributed by atoms with E-state index in [2.05, 4.69) is 29.5 Å². The number of hydrogen-bond acceptors (Lipinski definition) is 3. The van der Waals surface area contributed by atoms with Gasteiger partial charge in [0.2, 0.25) is 0 Å². The average Bonchev–Trinajstić information content (AvgIpc) is 2.65. The summed E-state index contributed by atoms with van der Waals surface area (Å²) in [4.78, 5) is 4.02. The summed E-state index contributed by atoms with van der Waals surface area (Å²) in [5, 5.41) is 5.93. The molecule has 19 heavy (non-hydrogen) atoms. The summed E-state index contributed by atoms with van der Waals surface area (Å²) in [7, 11) is 0. The first-order valence-corrected chi connectivity index (χ1v) is 6.80. The van der Waals surface area contributed by atoms with Crippen molar-refractivity contribution in [3.05, 3.63) is 17.7 Å². The molecule has 1 atom stereocenters. The fourth-order valence-corrected chi connectivity index (χ4v) is 2.62. The second kappa shape index (κ2) is 5.31. The first-order chi connectivity index (χ1) is 8.94. The molecular formula is C14H21F2N3. The lowest BCUT2D eigenvalue weighted by atomic mass is 9.87. The number of anilines is 2. The fraction of sp³-hybridized carbons (Fsp3) is 0.643. The van der Waals surface area contributed by atoms with Crippen LogP contribution in [0.5, 0.6) is 0 Å². The van der Waals surface area contributed by atoms with E-state index in [0.717, 1.165) is 25.3 Å². The molecule has 2 rings (SSSR count). The van der Waals surface area contributed by atoms with E-state index in [1.54, 1.807) is 0 Å². The lowest BCUT2D eigenvalue weighted by Crippen LogP contribution is -2.31. The molecule has 5 heteroatoms.